The molecule has 1 heterocycles. The van der Waals surface area contributed by atoms with Crippen molar-refractivity contribution in [1.29, 1.82) is 0 Å². The van der Waals surface area contributed by atoms with Gasteiger partial charge in [-0.3, -0.25) is 9.78 Å². The number of hydrogen-bond acceptors (Lipinski definition) is 2. The first-order valence-electron chi connectivity index (χ1n) is 5.40. The summed E-state index contributed by atoms with van der Waals surface area (Å²) in [5, 5.41) is 0. The third kappa shape index (κ3) is 4.54. The van der Waals surface area contributed by atoms with Crippen LogP contribution in [0.15, 0.2) is 36.2 Å². The summed E-state index contributed by atoms with van der Waals surface area (Å²) in [5.41, 5.74) is 2.11. The smallest absolute Gasteiger partial charge is 0.145 e. The van der Waals surface area contributed by atoms with E-state index in [0.29, 0.717) is 0 Å². The van der Waals surface area contributed by atoms with E-state index in [1.54, 1.807) is 12.4 Å². The van der Waals surface area contributed by atoms with E-state index in [4.69, 9.17) is 0 Å². The van der Waals surface area contributed by atoms with Crippen LogP contribution in [-0.2, 0) is 11.2 Å². The van der Waals surface area contributed by atoms with Crippen molar-refractivity contribution >= 4 is 6.29 Å². The minimum absolute atomic E-state index is 0.820. The predicted octanol–water partition coefficient (Wildman–Crippen LogP) is 2.94. The van der Waals surface area contributed by atoms with Gasteiger partial charge in [-0.2, -0.15) is 0 Å². The number of unbranched alkanes of at least 4 members (excludes halogenated alkanes) is 1. The van der Waals surface area contributed by atoms with Gasteiger partial charge in [0.25, 0.3) is 0 Å². The first-order valence-corrected chi connectivity index (χ1v) is 5.40. The number of carbonyl (C=O) groups excluding carboxylic acids is 1. The summed E-state index contributed by atoms with van der Waals surface area (Å²) in [4.78, 5) is 14.7. The molecule has 0 N–H and O–H groups in total. The molecule has 0 aliphatic rings. The van der Waals surface area contributed by atoms with Crippen molar-refractivity contribution in [2.75, 3.05) is 0 Å². The van der Waals surface area contributed by atoms with Crippen molar-refractivity contribution in [2.45, 2.75) is 32.6 Å². The Hall–Kier alpha value is -1.44. The monoisotopic (exact) mass is 203 g/mol. The van der Waals surface area contributed by atoms with Gasteiger partial charge in [0.2, 0.25) is 0 Å². The van der Waals surface area contributed by atoms with Gasteiger partial charge < -0.3 is 0 Å². The molecule has 2 nitrogen and oxygen atoms in total. The molecule has 0 atom stereocenters. The maximum absolute atomic E-state index is 10.8. The van der Waals surface area contributed by atoms with Gasteiger partial charge >= 0.3 is 0 Å². The summed E-state index contributed by atoms with van der Waals surface area (Å²) >= 11 is 0. The maximum atomic E-state index is 10.8. The van der Waals surface area contributed by atoms with Crippen molar-refractivity contribution in [1.82, 2.24) is 4.98 Å². The number of rotatable bonds is 6. The zero-order chi connectivity index (χ0) is 10.9. The molecule has 1 rings (SSSR count). The molecule has 2 heteroatoms. The molecule has 1 aromatic heterocycles. The van der Waals surface area contributed by atoms with E-state index in [-0.39, 0.29) is 0 Å². The van der Waals surface area contributed by atoms with Crippen LogP contribution >= 0.6 is 0 Å². The number of hydrogen-bond donors (Lipinski definition) is 0. The van der Waals surface area contributed by atoms with E-state index in [0.717, 1.165) is 37.5 Å². The second-order valence-electron chi connectivity index (χ2n) is 3.56. The summed E-state index contributed by atoms with van der Waals surface area (Å²) in [6, 6.07) is 3.94. The molecule has 0 fully saturated rings. The van der Waals surface area contributed by atoms with Gasteiger partial charge in [-0.25, -0.2) is 0 Å². The molecular weight excluding hydrogens is 186 g/mol. The molecule has 0 amide bonds. The molecule has 0 radical (unpaired) electrons. The van der Waals surface area contributed by atoms with Crippen LogP contribution in [-0.4, -0.2) is 11.3 Å². The summed E-state index contributed by atoms with van der Waals surface area (Å²) in [6.45, 7) is 2.13. The van der Waals surface area contributed by atoms with Crippen molar-refractivity contribution in [3.05, 3.63) is 41.7 Å². The number of nitrogens with zero attached hydrogens (tertiary/aromatic N) is 1. The molecular formula is C13H17NO. The predicted molar refractivity (Wildman–Crippen MR) is 61.6 cm³/mol. The van der Waals surface area contributed by atoms with E-state index in [9.17, 15) is 4.79 Å². The van der Waals surface area contributed by atoms with Crippen molar-refractivity contribution < 1.29 is 4.79 Å². The fourth-order valence-electron chi connectivity index (χ4n) is 1.36. The first kappa shape index (κ1) is 11.6. The number of aromatic nitrogens is 1. The van der Waals surface area contributed by atoms with Crippen LogP contribution in [0.25, 0.3) is 0 Å². The van der Waals surface area contributed by atoms with Crippen LogP contribution in [0.1, 0.15) is 31.7 Å². The minimum atomic E-state index is 0.820. The molecule has 0 saturated heterocycles. The van der Waals surface area contributed by atoms with Crippen LogP contribution in [0.3, 0.4) is 0 Å². The van der Waals surface area contributed by atoms with Gasteiger partial charge in [0, 0.05) is 12.4 Å². The first-order chi connectivity index (χ1) is 7.36. The minimum Gasteiger partial charge on any atom is -0.298 e. The van der Waals surface area contributed by atoms with Gasteiger partial charge in [-0.15, -0.1) is 0 Å². The Morgan fingerprint density at radius 1 is 1.40 bits per heavy atom. The molecule has 0 bridgehead atoms. The quantitative estimate of drug-likeness (QED) is 0.525. The summed E-state index contributed by atoms with van der Waals surface area (Å²) in [5.74, 6) is 0. The molecule has 80 valence electrons. The average Bonchev–Trinajstić information content (AvgIpc) is 2.31. The average molecular weight is 203 g/mol. The molecule has 1 aromatic rings. The largest absolute Gasteiger partial charge is 0.298 e. The third-order valence-corrected chi connectivity index (χ3v) is 2.32. The molecule has 0 aliphatic heterocycles. The lowest BCUT2D eigenvalue weighted by molar-refractivity contribution is -0.105. The fourth-order valence-corrected chi connectivity index (χ4v) is 1.36. The van der Waals surface area contributed by atoms with Crippen LogP contribution in [0.5, 0.6) is 0 Å². The lowest BCUT2D eigenvalue weighted by atomic mass is 10.1. The number of allylic oxidation sites excluding steroid dienone is 2. The number of pyridine rings is 1. The second kappa shape index (κ2) is 6.93. The Balaban J connectivity index is 2.50. The maximum Gasteiger partial charge on any atom is 0.145 e. The van der Waals surface area contributed by atoms with E-state index in [1.165, 1.54) is 5.56 Å². The lowest BCUT2D eigenvalue weighted by Gasteiger charge is -1.99. The third-order valence-electron chi connectivity index (χ3n) is 2.32. The Morgan fingerprint density at radius 3 is 2.73 bits per heavy atom. The standard InChI is InChI=1S/C13H17NO/c1-2-3-4-13(11-15)6-5-12-7-9-14-10-8-12/h6-11H,2-5H2,1H3. The zero-order valence-electron chi connectivity index (χ0n) is 9.15. The van der Waals surface area contributed by atoms with E-state index in [1.807, 2.05) is 18.2 Å². The zero-order valence-corrected chi connectivity index (χ0v) is 9.15. The summed E-state index contributed by atoms with van der Waals surface area (Å²) in [6.07, 6.45) is 10.5. The van der Waals surface area contributed by atoms with Crippen LogP contribution in [0.4, 0.5) is 0 Å². The fraction of sp³-hybridized carbons (Fsp3) is 0.385. The van der Waals surface area contributed by atoms with Gasteiger partial charge in [-0.05, 0) is 42.5 Å². The molecule has 15 heavy (non-hydrogen) atoms. The molecule has 0 unspecified atom stereocenters. The molecule has 0 saturated carbocycles. The van der Waals surface area contributed by atoms with Gasteiger partial charge in [-0.1, -0.05) is 19.4 Å². The Kier molecular flexibility index (Phi) is 5.38. The van der Waals surface area contributed by atoms with Crippen LogP contribution in [0.2, 0.25) is 0 Å². The lowest BCUT2D eigenvalue weighted by Crippen LogP contribution is -1.88. The van der Waals surface area contributed by atoms with Crippen LogP contribution < -0.4 is 0 Å². The van der Waals surface area contributed by atoms with E-state index in [2.05, 4.69) is 11.9 Å². The highest BCUT2D eigenvalue weighted by atomic mass is 16.1. The number of aldehydes is 1. The van der Waals surface area contributed by atoms with Gasteiger partial charge in [0.05, 0.1) is 0 Å². The highest BCUT2D eigenvalue weighted by molar-refractivity contribution is 5.73. The molecule has 0 spiro atoms. The van der Waals surface area contributed by atoms with Crippen molar-refractivity contribution in [3.8, 4) is 0 Å². The molecule has 0 aliphatic carbocycles. The van der Waals surface area contributed by atoms with Crippen molar-refractivity contribution in [3.63, 3.8) is 0 Å². The normalized spacial score (nSPS) is 11.4. The SMILES string of the molecule is CCCCC(C=O)=CCc1ccncc1. The molecule has 0 aromatic carbocycles. The van der Waals surface area contributed by atoms with E-state index >= 15 is 0 Å². The Morgan fingerprint density at radius 2 is 2.13 bits per heavy atom. The highest BCUT2D eigenvalue weighted by Crippen LogP contribution is 2.07. The summed E-state index contributed by atoms with van der Waals surface area (Å²) < 4.78 is 0. The van der Waals surface area contributed by atoms with E-state index < -0.39 is 0 Å². The van der Waals surface area contributed by atoms with Gasteiger partial charge in [0.15, 0.2) is 0 Å². The van der Waals surface area contributed by atoms with Gasteiger partial charge in [0.1, 0.15) is 6.29 Å². The topological polar surface area (TPSA) is 30.0 Å². The number of carbonyl (C=O) groups is 1. The summed E-state index contributed by atoms with van der Waals surface area (Å²) in [7, 11) is 0. The van der Waals surface area contributed by atoms with Crippen molar-refractivity contribution in [2.24, 2.45) is 0 Å². The highest BCUT2D eigenvalue weighted by Gasteiger charge is 1.95. The second-order valence-corrected chi connectivity index (χ2v) is 3.56. The Labute approximate surface area is 91.0 Å². The van der Waals surface area contributed by atoms with Crippen LogP contribution in [0, 0.1) is 0 Å². The Bertz CT molecular complexity index is 317.